The number of likely N-dealkylation sites (N-methyl/N-ethyl adjacent to an activating group) is 1. The molecule has 0 aliphatic heterocycles. The van der Waals surface area contributed by atoms with Gasteiger partial charge in [0.05, 0.1) is 11.4 Å². The minimum absolute atomic E-state index is 0.219. The lowest BCUT2D eigenvalue weighted by Gasteiger charge is -2.13. The van der Waals surface area contributed by atoms with Gasteiger partial charge in [-0.05, 0) is 20.0 Å². The van der Waals surface area contributed by atoms with Gasteiger partial charge in [-0.2, -0.15) is 5.10 Å². The number of carbonyl (C=O) groups is 1. The van der Waals surface area contributed by atoms with Gasteiger partial charge in [0.25, 0.3) is 5.91 Å². The second-order valence-corrected chi connectivity index (χ2v) is 3.97. The van der Waals surface area contributed by atoms with E-state index in [2.05, 4.69) is 27.3 Å². The van der Waals surface area contributed by atoms with Crippen LogP contribution in [0.4, 0.5) is 5.69 Å². The molecule has 0 aliphatic carbocycles. The molecule has 0 bridgehead atoms. The first kappa shape index (κ1) is 13.5. The lowest BCUT2D eigenvalue weighted by atomic mass is 10.2. The second-order valence-electron chi connectivity index (χ2n) is 3.97. The summed E-state index contributed by atoms with van der Waals surface area (Å²) in [5.41, 5.74) is 7.36. The zero-order valence-electron chi connectivity index (χ0n) is 10.7. The van der Waals surface area contributed by atoms with Crippen molar-refractivity contribution in [3.63, 3.8) is 0 Å². The van der Waals surface area contributed by atoms with Gasteiger partial charge in [-0.15, -0.1) is 0 Å². The van der Waals surface area contributed by atoms with Crippen LogP contribution in [0.5, 0.6) is 0 Å². The predicted octanol–water partition coefficient (Wildman–Crippen LogP) is 0.236. The Kier molecular flexibility index (Phi) is 4.96. The lowest BCUT2D eigenvalue weighted by Crippen LogP contribution is -2.33. The van der Waals surface area contributed by atoms with Crippen LogP contribution < -0.4 is 11.1 Å². The van der Waals surface area contributed by atoms with E-state index in [1.54, 1.807) is 0 Å². The van der Waals surface area contributed by atoms with E-state index in [0.29, 0.717) is 17.9 Å². The van der Waals surface area contributed by atoms with Crippen LogP contribution in [0.3, 0.4) is 0 Å². The van der Waals surface area contributed by atoms with Crippen LogP contribution in [0.25, 0.3) is 0 Å². The number of nitrogens with two attached hydrogens (primary N) is 1. The summed E-state index contributed by atoms with van der Waals surface area (Å²) in [6, 6.07) is 0. The van der Waals surface area contributed by atoms with Gasteiger partial charge in [0, 0.05) is 13.1 Å². The number of nitrogen functional groups attached to an aromatic ring is 1. The maximum atomic E-state index is 11.8. The Labute approximate surface area is 102 Å². The number of aryl methyl sites for hydroxylation is 1. The zero-order valence-corrected chi connectivity index (χ0v) is 10.7. The van der Waals surface area contributed by atoms with Crippen molar-refractivity contribution in [1.82, 2.24) is 20.4 Å². The molecule has 1 amide bonds. The lowest BCUT2D eigenvalue weighted by molar-refractivity contribution is 0.0946. The Morgan fingerprint density at radius 2 is 2.24 bits per heavy atom. The molecule has 4 N–H and O–H groups in total. The number of hydrogen-bond donors (Lipinski definition) is 3. The van der Waals surface area contributed by atoms with E-state index in [1.807, 2.05) is 14.0 Å². The molecule has 0 spiro atoms. The summed E-state index contributed by atoms with van der Waals surface area (Å²) in [4.78, 5) is 13.9. The molecule has 0 radical (unpaired) electrons. The largest absolute Gasteiger partial charge is 0.395 e. The van der Waals surface area contributed by atoms with Crippen molar-refractivity contribution in [3.05, 3.63) is 11.4 Å². The first-order chi connectivity index (χ1) is 8.10. The molecule has 0 atom stereocenters. The summed E-state index contributed by atoms with van der Waals surface area (Å²) >= 11 is 0. The van der Waals surface area contributed by atoms with Crippen LogP contribution in [-0.2, 0) is 6.42 Å². The van der Waals surface area contributed by atoms with Crippen LogP contribution in [0.1, 0.15) is 30.0 Å². The molecular formula is C11H21N5O. The number of anilines is 1. The Hall–Kier alpha value is -1.56. The van der Waals surface area contributed by atoms with E-state index in [1.165, 1.54) is 0 Å². The van der Waals surface area contributed by atoms with Crippen LogP contribution in [0, 0.1) is 0 Å². The Bertz CT molecular complexity index is 374. The second kappa shape index (κ2) is 6.24. The molecule has 6 nitrogen and oxygen atoms in total. The van der Waals surface area contributed by atoms with Gasteiger partial charge in [0.1, 0.15) is 0 Å². The molecule has 0 aromatic carbocycles. The first-order valence-electron chi connectivity index (χ1n) is 5.89. The molecule has 0 saturated carbocycles. The highest BCUT2D eigenvalue weighted by atomic mass is 16.1. The van der Waals surface area contributed by atoms with Gasteiger partial charge in [-0.1, -0.05) is 13.8 Å². The van der Waals surface area contributed by atoms with Gasteiger partial charge >= 0.3 is 0 Å². The third kappa shape index (κ3) is 3.45. The van der Waals surface area contributed by atoms with Crippen LogP contribution >= 0.6 is 0 Å². The highest BCUT2D eigenvalue weighted by Gasteiger charge is 2.15. The smallest absolute Gasteiger partial charge is 0.273 e. The summed E-state index contributed by atoms with van der Waals surface area (Å²) in [6.45, 7) is 6.40. The number of amides is 1. The van der Waals surface area contributed by atoms with Gasteiger partial charge in [0.2, 0.25) is 0 Å². The number of rotatable bonds is 6. The quantitative estimate of drug-likeness (QED) is 0.663. The van der Waals surface area contributed by atoms with E-state index in [-0.39, 0.29) is 5.91 Å². The standard InChI is InChI=1S/C11H21N5O/c1-4-8-9(12)10(15-14-8)11(17)13-6-7-16(3)5-2/h4-7,12H2,1-3H3,(H,13,17)(H,14,15). The normalized spacial score (nSPS) is 10.8. The summed E-state index contributed by atoms with van der Waals surface area (Å²) < 4.78 is 0. The summed E-state index contributed by atoms with van der Waals surface area (Å²) in [5.74, 6) is -0.219. The number of aromatic nitrogens is 2. The van der Waals surface area contributed by atoms with Crippen LogP contribution in [0.15, 0.2) is 0 Å². The maximum Gasteiger partial charge on any atom is 0.273 e. The number of nitrogens with one attached hydrogen (secondary N) is 2. The first-order valence-corrected chi connectivity index (χ1v) is 5.89. The third-order valence-corrected chi connectivity index (χ3v) is 2.77. The van der Waals surface area contributed by atoms with Crippen LogP contribution in [-0.4, -0.2) is 47.7 Å². The van der Waals surface area contributed by atoms with E-state index in [4.69, 9.17) is 5.73 Å². The van der Waals surface area contributed by atoms with Crippen molar-refractivity contribution in [2.75, 3.05) is 32.4 Å². The number of hydrogen-bond acceptors (Lipinski definition) is 4. The van der Waals surface area contributed by atoms with Crippen molar-refractivity contribution in [2.45, 2.75) is 20.3 Å². The van der Waals surface area contributed by atoms with Crippen molar-refractivity contribution in [2.24, 2.45) is 0 Å². The fraction of sp³-hybridized carbons (Fsp3) is 0.636. The predicted molar refractivity (Wildman–Crippen MR) is 67.9 cm³/mol. The minimum Gasteiger partial charge on any atom is -0.395 e. The monoisotopic (exact) mass is 239 g/mol. The Morgan fingerprint density at radius 1 is 1.53 bits per heavy atom. The fourth-order valence-electron chi connectivity index (χ4n) is 1.43. The highest BCUT2D eigenvalue weighted by molar-refractivity contribution is 5.97. The Morgan fingerprint density at radius 3 is 2.76 bits per heavy atom. The fourth-order valence-corrected chi connectivity index (χ4v) is 1.43. The third-order valence-electron chi connectivity index (χ3n) is 2.77. The number of nitrogens with zero attached hydrogens (tertiary/aromatic N) is 2. The van der Waals surface area contributed by atoms with Gasteiger partial charge < -0.3 is 16.0 Å². The van der Waals surface area contributed by atoms with Crippen molar-refractivity contribution < 1.29 is 4.79 Å². The van der Waals surface area contributed by atoms with Crippen molar-refractivity contribution in [3.8, 4) is 0 Å². The molecular weight excluding hydrogens is 218 g/mol. The maximum absolute atomic E-state index is 11.8. The van der Waals surface area contributed by atoms with Gasteiger partial charge in [0.15, 0.2) is 5.69 Å². The molecule has 0 saturated heterocycles. The minimum atomic E-state index is -0.219. The van der Waals surface area contributed by atoms with Crippen molar-refractivity contribution in [1.29, 1.82) is 0 Å². The summed E-state index contributed by atoms with van der Waals surface area (Å²) in [5, 5.41) is 9.50. The van der Waals surface area contributed by atoms with E-state index in [9.17, 15) is 4.79 Å². The number of aromatic amines is 1. The van der Waals surface area contributed by atoms with Gasteiger partial charge in [-0.3, -0.25) is 9.89 Å². The average Bonchev–Trinajstić information content (AvgIpc) is 2.70. The van der Waals surface area contributed by atoms with E-state index < -0.39 is 0 Å². The molecule has 0 unspecified atom stereocenters. The van der Waals surface area contributed by atoms with E-state index >= 15 is 0 Å². The topological polar surface area (TPSA) is 87.0 Å². The van der Waals surface area contributed by atoms with E-state index in [0.717, 1.165) is 25.2 Å². The summed E-state index contributed by atoms with van der Waals surface area (Å²) in [6.07, 6.45) is 0.741. The average molecular weight is 239 g/mol. The molecule has 1 rings (SSSR count). The molecule has 0 aliphatic rings. The number of H-pyrrole nitrogens is 1. The molecule has 0 fully saturated rings. The highest BCUT2D eigenvalue weighted by Crippen LogP contribution is 2.13. The molecule has 1 heterocycles. The molecule has 6 heteroatoms. The molecule has 1 aromatic heterocycles. The SMILES string of the molecule is CCc1[nH]nc(C(=O)NCCN(C)CC)c1N. The Balaban J connectivity index is 2.50. The molecule has 17 heavy (non-hydrogen) atoms. The van der Waals surface area contributed by atoms with Gasteiger partial charge in [-0.25, -0.2) is 0 Å². The summed E-state index contributed by atoms with van der Waals surface area (Å²) in [7, 11) is 2.00. The number of carbonyl (C=O) groups excluding carboxylic acids is 1. The zero-order chi connectivity index (χ0) is 12.8. The van der Waals surface area contributed by atoms with Crippen molar-refractivity contribution >= 4 is 11.6 Å². The molecule has 1 aromatic rings. The molecule has 96 valence electrons. The van der Waals surface area contributed by atoms with Crippen LogP contribution in [0.2, 0.25) is 0 Å².